The Hall–Kier alpha value is -2.22. The van der Waals surface area contributed by atoms with Gasteiger partial charge in [-0.3, -0.25) is 0 Å². The third kappa shape index (κ3) is 1.13. The van der Waals surface area contributed by atoms with Crippen LogP contribution in [-0.4, -0.2) is 0 Å². The van der Waals surface area contributed by atoms with Crippen molar-refractivity contribution in [2.24, 2.45) is 0 Å². The second kappa shape index (κ2) is 3.14. The van der Waals surface area contributed by atoms with E-state index in [1.54, 1.807) is 0 Å². The van der Waals surface area contributed by atoms with Gasteiger partial charge in [-0.05, 0) is 22.2 Å². The van der Waals surface area contributed by atoms with Gasteiger partial charge in [0.25, 0.3) is 0 Å². The maximum atomic E-state index is 5.98. The molecular weight excluding hydrogens is 196 g/mol. The van der Waals surface area contributed by atoms with E-state index in [1.807, 2.05) is 30.3 Å². The third-order valence-electron chi connectivity index (χ3n) is 3.00. The highest BCUT2D eigenvalue weighted by Crippen LogP contribution is 2.31. The molecule has 16 heavy (non-hydrogen) atoms. The Balaban J connectivity index is 2.58. The molecule has 0 bridgehead atoms. The second-order valence-corrected chi connectivity index (χ2v) is 3.95. The van der Waals surface area contributed by atoms with Crippen molar-refractivity contribution in [3.63, 3.8) is 0 Å². The van der Waals surface area contributed by atoms with Crippen molar-refractivity contribution in [1.29, 1.82) is 0 Å². The lowest BCUT2D eigenvalue weighted by Gasteiger charge is -2.08. The highest BCUT2D eigenvalue weighted by Gasteiger charge is 2.04. The zero-order valence-corrected chi connectivity index (χ0v) is 8.77. The molecule has 2 nitrogen and oxygen atoms in total. The summed E-state index contributed by atoms with van der Waals surface area (Å²) < 4.78 is 0. The molecule has 0 spiro atoms. The summed E-state index contributed by atoms with van der Waals surface area (Å²) in [5.74, 6) is 0. The monoisotopic (exact) mass is 208 g/mol. The summed E-state index contributed by atoms with van der Waals surface area (Å²) in [7, 11) is 0. The average molecular weight is 208 g/mol. The minimum absolute atomic E-state index is 0.641. The van der Waals surface area contributed by atoms with Crippen molar-refractivity contribution in [2.75, 3.05) is 11.5 Å². The van der Waals surface area contributed by atoms with Crippen LogP contribution in [0.15, 0.2) is 48.5 Å². The van der Waals surface area contributed by atoms with Crippen LogP contribution in [0.25, 0.3) is 21.5 Å². The zero-order chi connectivity index (χ0) is 11.1. The Morgan fingerprint density at radius 2 is 1.38 bits per heavy atom. The van der Waals surface area contributed by atoms with Crippen LogP contribution in [0.5, 0.6) is 0 Å². The minimum Gasteiger partial charge on any atom is -0.397 e. The normalized spacial score (nSPS) is 11.0. The van der Waals surface area contributed by atoms with Crippen molar-refractivity contribution in [3.05, 3.63) is 48.5 Å². The van der Waals surface area contributed by atoms with Gasteiger partial charge >= 0.3 is 0 Å². The molecule has 0 saturated heterocycles. The molecule has 78 valence electrons. The molecule has 3 aromatic carbocycles. The van der Waals surface area contributed by atoms with Crippen molar-refractivity contribution >= 4 is 32.9 Å². The quantitative estimate of drug-likeness (QED) is 0.440. The van der Waals surface area contributed by atoms with Crippen molar-refractivity contribution in [2.45, 2.75) is 0 Å². The van der Waals surface area contributed by atoms with Crippen molar-refractivity contribution in [1.82, 2.24) is 0 Å². The molecule has 0 aromatic heterocycles. The van der Waals surface area contributed by atoms with E-state index in [9.17, 15) is 0 Å². The lowest BCUT2D eigenvalue weighted by molar-refractivity contribution is 1.72. The molecule has 4 N–H and O–H groups in total. The Bertz CT molecular complexity index is 687. The molecule has 0 amide bonds. The molecule has 0 heterocycles. The first-order chi connectivity index (χ1) is 7.77. The number of hydrogen-bond acceptors (Lipinski definition) is 2. The Kier molecular flexibility index (Phi) is 1.77. The van der Waals surface area contributed by atoms with Gasteiger partial charge < -0.3 is 11.5 Å². The van der Waals surface area contributed by atoms with Gasteiger partial charge in [0.1, 0.15) is 0 Å². The Morgan fingerprint density at radius 3 is 2.25 bits per heavy atom. The summed E-state index contributed by atoms with van der Waals surface area (Å²) in [4.78, 5) is 0. The summed E-state index contributed by atoms with van der Waals surface area (Å²) in [6, 6.07) is 16.3. The van der Waals surface area contributed by atoms with E-state index in [-0.39, 0.29) is 0 Å². The molecule has 0 radical (unpaired) electrons. The predicted octanol–water partition coefficient (Wildman–Crippen LogP) is 3.16. The molecular formula is C14H12N2. The molecule has 0 unspecified atom stereocenters. The molecule has 3 rings (SSSR count). The van der Waals surface area contributed by atoms with Crippen molar-refractivity contribution in [3.8, 4) is 0 Å². The molecule has 2 heteroatoms. The van der Waals surface area contributed by atoms with Gasteiger partial charge in [-0.15, -0.1) is 0 Å². The number of hydrogen-bond donors (Lipinski definition) is 2. The fourth-order valence-electron chi connectivity index (χ4n) is 2.13. The highest BCUT2D eigenvalue weighted by molar-refractivity contribution is 6.12. The van der Waals surface area contributed by atoms with Gasteiger partial charge in [-0.1, -0.05) is 42.5 Å². The van der Waals surface area contributed by atoms with E-state index in [1.165, 1.54) is 10.8 Å². The van der Waals surface area contributed by atoms with Gasteiger partial charge in [0.15, 0.2) is 0 Å². The summed E-state index contributed by atoms with van der Waals surface area (Å²) in [5, 5.41) is 4.62. The first kappa shape index (κ1) is 9.04. The van der Waals surface area contributed by atoms with Crippen molar-refractivity contribution < 1.29 is 0 Å². The van der Waals surface area contributed by atoms with Crippen LogP contribution in [-0.2, 0) is 0 Å². The van der Waals surface area contributed by atoms with E-state index < -0.39 is 0 Å². The molecule has 0 atom stereocenters. The predicted molar refractivity (Wildman–Crippen MR) is 70.3 cm³/mol. The van der Waals surface area contributed by atoms with Crippen LogP contribution in [0.3, 0.4) is 0 Å². The third-order valence-corrected chi connectivity index (χ3v) is 3.00. The van der Waals surface area contributed by atoms with Gasteiger partial charge in [-0.2, -0.15) is 0 Å². The van der Waals surface area contributed by atoms with Crippen LogP contribution >= 0.6 is 0 Å². The summed E-state index contributed by atoms with van der Waals surface area (Å²) in [6.45, 7) is 0. The van der Waals surface area contributed by atoms with E-state index in [0.29, 0.717) is 11.4 Å². The first-order valence-corrected chi connectivity index (χ1v) is 5.23. The van der Waals surface area contributed by atoms with E-state index in [0.717, 1.165) is 10.8 Å². The Labute approximate surface area is 93.5 Å². The number of nitrogen functional groups attached to an aromatic ring is 2. The smallest absolute Gasteiger partial charge is 0.0627 e. The largest absolute Gasteiger partial charge is 0.397 e. The van der Waals surface area contributed by atoms with Crippen LogP contribution in [0.4, 0.5) is 11.4 Å². The molecule has 0 saturated carbocycles. The molecule has 0 fully saturated rings. The van der Waals surface area contributed by atoms with E-state index >= 15 is 0 Å². The Morgan fingerprint density at radius 1 is 0.625 bits per heavy atom. The van der Waals surface area contributed by atoms with Crippen LogP contribution in [0, 0.1) is 0 Å². The van der Waals surface area contributed by atoms with E-state index in [4.69, 9.17) is 11.5 Å². The van der Waals surface area contributed by atoms with Gasteiger partial charge in [0.05, 0.1) is 11.4 Å². The van der Waals surface area contributed by atoms with Crippen LogP contribution < -0.4 is 11.5 Å². The molecule has 3 aromatic rings. The van der Waals surface area contributed by atoms with Crippen LogP contribution in [0.2, 0.25) is 0 Å². The molecule has 0 aliphatic rings. The number of rotatable bonds is 0. The van der Waals surface area contributed by atoms with Crippen LogP contribution in [0.1, 0.15) is 0 Å². The number of anilines is 2. The molecule has 0 aliphatic heterocycles. The fraction of sp³-hybridized carbons (Fsp3) is 0. The summed E-state index contributed by atoms with van der Waals surface area (Å²) in [5.41, 5.74) is 13.1. The number of benzene rings is 3. The lowest BCUT2D eigenvalue weighted by atomic mass is 10.0. The highest BCUT2D eigenvalue weighted by atomic mass is 14.7. The first-order valence-electron chi connectivity index (χ1n) is 5.23. The SMILES string of the molecule is Nc1ccc2c(ccc3ccccc32)c1N. The maximum absolute atomic E-state index is 5.98. The summed E-state index contributed by atoms with van der Waals surface area (Å²) >= 11 is 0. The topological polar surface area (TPSA) is 52.0 Å². The zero-order valence-electron chi connectivity index (χ0n) is 8.77. The fourth-order valence-corrected chi connectivity index (χ4v) is 2.13. The lowest BCUT2D eigenvalue weighted by Crippen LogP contribution is -1.95. The standard InChI is InChI=1S/C14H12N2/c15-13-8-7-11-10-4-2-1-3-9(10)5-6-12(11)14(13)16/h1-8H,15-16H2. The van der Waals surface area contributed by atoms with Gasteiger partial charge in [0, 0.05) is 5.39 Å². The van der Waals surface area contributed by atoms with Gasteiger partial charge in [0.2, 0.25) is 0 Å². The maximum Gasteiger partial charge on any atom is 0.0627 e. The second-order valence-electron chi connectivity index (χ2n) is 3.95. The van der Waals surface area contributed by atoms with E-state index in [2.05, 4.69) is 18.2 Å². The summed E-state index contributed by atoms with van der Waals surface area (Å²) in [6.07, 6.45) is 0. The van der Waals surface area contributed by atoms with Gasteiger partial charge in [-0.25, -0.2) is 0 Å². The number of nitrogens with two attached hydrogens (primary N) is 2. The minimum atomic E-state index is 0.641. The molecule has 0 aliphatic carbocycles. The average Bonchev–Trinajstić information content (AvgIpc) is 2.33. The number of fused-ring (bicyclic) bond motifs is 3.